The summed E-state index contributed by atoms with van der Waals surface area (Å²) in [6.45, 7) is 14.4. The van der Waals surface area contributed by atoms with Crippen molar-refractivity contribution < 1.29 is 23.5 Å². The SMILES string of the molecule is COC(=O)[C@H]1CC(=O)N(C)CC/C=C/[C@H](O[Si](C)(C)C(C)(C)C)[C@@H]2CC[C@H]2CN2C[C@@]3(CCCc4cc(Cl)ccc43)COc3ccc1cc32. The van der Waals surface area contributed by atoms with Gasteiger partial charge >= 0.3 is 5.97 Å². The number of aryl methyl sites for hydroxylation is 1. The van der Waals surface area contributed by atoms with Crippen LogP contribution in [-0.4, -0.2) is 71.6 Å². The summed E-state index contributed by atoms with van der Waals surface area (Å²) in [5, 5.41) is 0.870. The van der Waals surface area contributed by atoms with E-state index in [1.54, 1.807) is 4.90 Å². The molecule has 2 heterocycles. The second-order valence-corrected chi connectivity index (χ2v) is 21.7. The van der Waals surface area contributed by atoms with E-state index in [2.05, 4.69) is 69.1 Å². The van der Waals surface area contributed by atoms with Gasteiger partial charge in [-0.25, -0.2) is 0 Å². The number of ether oxygens (including phenoxy) is 2. The van der Waals surface area contributed by atoms with Gasteiger partial charge in [-0.3, -0.25) is 9.59 Å². The molecule has 2 bridgehead atoms. The van der Waals surface area contributed by atoms with Gasteiger partial charge < -0.3 is 23.7 Å². The van der Waals surface area contributed by atoms with Crippen molar-refractivity contribution in [3.8, 4) is 5.75 Å². The lowest BCUT2D eigenvalue weighted by atomic mass is 9.68. The summed E-state index contributed by atoms with van der Waals surface area (Å²) < 4.78 is 19.2. The molecule has 9 heteroatoms. The summed E-state index contributed by atoms with van der Waals surface area (Å²) in [5.74, 6) is 0.466. The third-order valence-electron chi connectivity index (χ3n) is 12.3. The van der Waals surface area contributed by atoms with Crippen LogP contribution in [0.5, 0.6) is 5.75 Å². The molecule has 0 radical (unpaired) electrons. The normalized spacial score (nSPS) is 28.4. The number of rotatable bonds is 3. The van der Waals surface area contributed by atoms with Crippen molar-refractivity contribution in [2.75, 3.05) is 45.3 Å². The predicted octanol–water partition coefficient (Wildman–Crippen LogP) is 8.29. The van der Waals surface area contributed by atoms with Crippen molar-refractivity contribution in [1.82, 2.24) is 4.90 Å². The minimum absolute atomic E-state index is 0.0257. The van der Waals surface area contributed by atoms with Crippen molar-refractivity contribution in [3.63, 3.8) is 0 Å². The minimum atomic E-state index is -2.06. The van der Waals surface area contributed by atoms with E-state index >= 15 is 0 Å². The van der Waals surface area contributed by atoms with Crippen molar-refractivity contribution in [3.05, 3.63) is 70.3 Å². The van der Waals surface area contributed by atoms with Gasteiger partial charge in [0.05, 0.1) is 31.4 Å². The number of fused-ring (bicyclic) bond motifs is 4. The molecule has 49 heavy (non-hydrogen) atoms. The zero-order valence-electron chi connectivity index (χ0n) is 30.5. The zero-order valence-corrected chi connectivity index (χ0v) is 32.3. The van der Waals surface area contributed by atoms with Crippen molar-refractivity contribution in [2.24, 2.45) is 11.8 Å². The molecule has 4 aliphatic rings. The smallest absolute Gasteiger partial charge is 0.313 e. The molecule has 0 aromatic heterocycles. The monoisotopic (exact) mass is 706 g/mol. The maximum absolute atomic E-state index is 13.5. The largest absolute Gasteiger partial charge is 0.490 e. The second kappa shape index (κ2) is 14.1. The summed E-state index contributed by atoms with van der Waals surface area (Å²) in [4.78, 5) is 31.0. The fourth-order valence-electron chi connectivity index (χ4n) is 8.10. The van der Waals surface area contributed by atoms with Crippen LogP contribution in [0.1, 0.15) is 81.9 Å². The molecule has 2 aliphatic carbocycles. The summed E-state index contributed by atoms with van der Waals surface area (Å²) in [6.07, 6.45) is 10.7. The lowest BCUT2D eigenvalue weighted by Gasteiger charge is -2.48. The Morgan fingerprint density at radius 1 is 1.12 bits per heavy atom. The Morgan fingerprint density at radius 2 is 1.92 bits per heavy atom. The highest BCUT2D eigenvalue weighted by Gasteiger charge is 2.47. The van der Waals surface area contributed by atoms with E-state index in [4.69, 9.17) is 25.5 Å². The highest BCUT2D eigenvalue weighted by molar-refractivity contribution is 6.74. The molecule has 2 aromatic carbocycles. The van der Waals surface area contributed by atoms with Crippen LogP contribution < -0.4 is 9.64 Å². The molecule has 266 valence electrons. The van der Waals surface area contributed by atoms with Gasteiger partial charge in [0.1, 0.15) is 5.75 Å². The van der Waals surface area contributed by atoms with Crippen LogP contribution in [0, 0.1) is 11.8 Å². The average molecular weight is 707 g/mol. The fraction of sp³-hybridized carbons (Fsp3) is 0.600. The van der Waals surface area contributed by atoms with E-state index < -0.39 is 20.2 Å². The molecule has 0 saturated heterocycles. The molecule has 6 rings (SSSR count). The lowest BCUT2D eigenvalue weighted by molar-refractivity contribution is -0.145. The summed E-state index contributed by atoms with van der Waals surface area (Å²) >= 11 is 6.50. The van der Waals surface area contributed by atoms with Crippen molar-refractivity contribution in [1.29, 1.82) is 0 Å². The van der Waals surface area contributed by atoms with Crippen LogP contribution in [-0.2, 0) is 30.6 Å². The molecule has 2 aliphatic heterocycles. The number of halogens is 1. The van der Waals surface area contributed by atoms with E-state index in [9.17, 15) is 9.59 Å². The van der Waals surface area contributed by atoms with Gasteiger partial charge in [-0.15, -0.1) is 0 Å². The van der Waals surface area contributed by atoms with Gasteiger partial charge in [-0.1, -0.05) is 56.7 Å². The molecule has 0 N–H and O–H groups in total. The van der Waals surface area contributed by atoms with Crippen LogP contribution in [0.15, 0.2) is 48.6 Å². The molecular formula is C40H55ClN2O5Si. The second-order valence-electron chi connectivity index (χ2n) is 16.5. The molecule has 1 fully saturated rings. The quantitative estimate of drug-likeness (QED) is 0.182. The Kier molecular flexibility index (Phi) is 10.3. The van der Waals surface area contributed by atoms with Crippen molar-refractivity contribution in [2.45, 2.75) is 101 Å². The molecular weight excluding hydrogens is 652 g/mol. The first-order chi connectivity index (χ1) is 23.2. The molecule has 1 saturated carbocycles. The molecule has 7 nitrogen and oxygen atoms in total. The first-order valence-electron chi connectivity index (χ1n) is 18.2. The standard InChI is InChI=1S/C40H55ClN2O5Si/c1-39(2,3)49(6,7)48-35-12-8-9-20-42(4)37(44)23-32(38(45)46-5)27-14-18-36-34(22-27)43(24-29-13-16-31(29)35)25-40(26-47-36)19-10-11-28-21-30(41)15-17-33(28)40/h8,12,14-15,17-18,21-22,29,31-32,35H,9-11,13,16,19-20,23-26H2,1-7H3/b12-8+/t29-,31+,32-,35-,40-/m0/s1. The Bertz CT molecular complexity index is 1590. The summed E-state index contributed by atoms with van der Waals surface area (Å²) in [6, 6.07) is 12.4. The van der Waals surface area contributed by atoms with Gasteiger partial charge in [0.2, 0.25) is 5.91 Å². The van der Waals surface area contributed by atoms with E-state index in [1.807, 2.05) is 25.2 Å². The Morgan fingerprint density at radius 3 is 2.63 bits per heavy atom. The predicted molar refractivity (Wildman–Crippen MR) is 199 cm³/mol. The number of benzene rings is 2. The third-order valence-corrected chi connectivity index (χ3v) is 17.0. The van der Waals surface area contributed by atoms with Crippen LogP contribution in [0.3, 0.4) is 0 Å². The average Bonchev–Trinajstić information content (AvgIpc) is 3.18. The number of methoxy groups -OCH3 is 1. The van der Waals surface area contributed by atoms with Crippen LogP contribution in [0.2, 0.25) is 23.2 Å². The van der Waals surface area contributed by atoms with Gasteiger partial charge in [0, 0.05) is 43.5 Å². The number of hydrogen-bond acceptors (Lipinski definition) is 6. The van der Waals surface area contributed by atoms with Crippen LogP contribution in [0.25, 0.3) is 0 Å². The van der Waals surface area contributed by atoms with E-state index in [1.165, 1.54) is 18.2 Å². The van der Waals surface area contributed by atoms with Gasteiger partial charge in [0.15, 0.2) is 8.32 Å². The van der Waals surface area contributed by atoms with Gasteiger partial charge in [-0.2, -0.15) is 0 Å². The van der Waals surface area contributed by atoms with E-state index in [0.717, 1.165) is 73.6 Å². The first kappa shape index (κ1) is 36.0. The van der Waals surface area contributed by atoms with Gasteiger partial charge in [0.25, 0.3) is 0 Å². The number of nitrogens with zero attached hydrogens (tertiary/aromatic N) is 2. The van der Waals surface area contributed by atoms with E-state index in [0.29, 0.717) is 25.0 Å². The maximum Gasteiger partial charge on any atom is 0.313 e. The Labute approximate surface area is 299 Å². The molecule has 0 unspecified atom stereocenters. The zero-order chi connectivity index (χ0) is 35.1. The molecule has 1 spiro atoms. The maximum atomic E-state index is 13.5. The van der Waals surface area contributed by atoms with Crippen molar-refractivity contribution >= 4 is 37.5 Å². The molecule has 5 atom stereocenters. The third kappa shape index (κ3) is 7.34. The highest BCUT2D eigenvalue weighted by atomic mass is 35.5. The van der Waals surface area contributed by atoms with Crippen LogP contribution in [0.4, 0.5) is 5.69 Å². The number of esters is 1. The minimum Gasteiger partial charge on any atom is -0.490 e. The van der Waals surface area contributed by atoms with E-state index in [-0.39, 0.29) is 28.9 Å². The number of carbonyl (C=O) groups is 2. The summed E-state index contributed by atoms with van der Waals surface area (Å²) in [5.41, 5.74) is 4.21. The van der Waals surface area contributed by atoms with Crippen LogP contribution >= 0.6 is 11.6 Å². The van der Waals surface area contributed by atoms with Gasteiger partial charge in [-0.05, 0) is 109 Å². The fourth-order valence-corrected chi connectivity index (χ4v) is 9.59. The topological polar surface area (TPSA) is 68.3 Å². The molecule has 2 aromatic rings. The summed E-state index contributed by atoms with van der Waals surface area (Å²) in [7, 11) is 1.16. The highest BCUT2D eigenvalue weighted by Crippen LogP contribution is 2.48. The first-order valence-corrected chi connectivity index (χ1v) is 21.5. The number of hydrogen-bond donors (Lipinski definition) is 0. The number of amides is 1. The number of carbonyl (C=O) groups excluding carboxylic acids is 2. The Hall–Kier alpha value is -2.81. The lowest BCUT2D eigenvalue weighted by Crippen LogP contribution is -2.52. The number of anilines is 1. The Balaban J connectivity index is 1.44. The molecule has 1 amide bonds.